The first kappa shape index (κ1) is 14.3. The Balaban J connectivity index is 2.04. The monoisotopic (exact) mass is 279 g/mol. The molecular formula is C13H17N3O4. The number of rotatable bonds is 4. The molecule has 0 aromatic carbocycles. The van der Waals surface area contributed by atoms with Crippen molar-refractivity contribution in [2.24, 2.45) is 7.05 Å². The third-order valence-electron chi connectivity index (χ3n) is 3.38. The zero-order chi connectivity index (χ0) is 14.6. The van der Waals surface area contributed by atoms with Gasteiger partial charge in [0.1, 0.15) is 5.54 Å². The molecule has 1 aliphatic heterocycles. The van der Waals surface area contributed by atoms with Crippen LogP contribution in [0.5, 0.6) is 0 Å². The topological polar surface area (TPSA) is 93.5 Å². The van der Waals surface area contributed by atoms with Gasteiger partial charge in [-0.25, -0.2) is 4.79 Å². The van der Waals surface area contributed by atoms with Gasteiger partial charge in [0.2, 0.25) is 5.91 Å². The molecule has 1 fully saturated rings. The number of aliphatic carboxylic acids is 1. The van der Waals surface area contributed by atoms with E-state index in [2.05, 4.69) is 10.4 Å². The van der Waals surface area contributed by atoms with Crippen molar-refractivity contribution in [1.82, 2.24) is 15.1 Å². The first-order valence-corrected chi connectivity index (χ1v) is 6.33. The summed E-state index contributed by atoms with van der Waals surface area (Å²) in [5.41, 5.74) is -0.469. The second kappa shape index (κ2) is 5.87. The Morgan fingerprint density at radius 3 is 2.75 bits per heavy atom. The second-order valence-electron chi connectivity index (χ2n) is 4.70. The van der Waals surface area contributed by atoms with E-state index >= 15 is 0 Å². The zero-order valence-electron chi connectivity index (χ0n) is 11.2. The molecule has 7 nitrogen and oxygen atoms in total. The second-order valence-corrected chi connectivity index (χ2v) is 4.70. The Labute approximate surface area is 116 Å². The van der Waals surface area contributed by atoms with Crippen molar-refractivity contribution in [1.29, 1.82) is 0 Å². The Kier molecular flexibility index (Phi) is 4.19. The van der Waals surface area contributed by atoms with Crippen LogP contribution < -0.4 is 5.32 Å². The minimum absolute atomic E-state index is 0.271. The summed E-state index contributed by atoms with van der Waals surface area (Å²) in [6.07, 6.45) is 5.07. The number of carbonyl (C=O) groups excluding carboxylic acids is 1. The molecule has 0 atom stereocenters. The number of hydrogen-bond acceptors (Lipinski definition) is 4. The highest BCUT2D eigenvalue weighted by atomic mass is 16.5. The van der Waals surface area contributed by atoms with Crippen molar-refractivity contribution in [3.63, 3.8) is 0 Å². The van der Waals surface area contributed by atoms with Crippen molar-refractivity contribution in [3.8, 4) is 0 Å². The van der Waals surface area contributed by atoms with E-state index in [0.717, 1.165) is 5.69 Å². The van der Waals surface area contributed by atoms with Gasteiger partial charge in [-0.1, -0.05) is 0 Å². The Morgan fingerprint density at radius 2 is 2.20 bits per heavy atom. The fraction of sp³-hybridized carbons (Fsp3) is 0.462. The van der Waals surface area contributed by atoms with Crippen LogP contribution in [0, 0.1) is 0 Å². The normalized spacial score (nSPS) is 18.1. The predicted molar refractivity (Wildman–Crippen MR) is 70.8 cm³/mol. The van der Waals surface area contributed by atoms with Crippen LogP contribution in [0.25, 0.3) is 6.08 Å². The number of carboxylic acids is 1. The number of carboxylic acid groups (broad SMARTS) is 1. The van der Waals surface area contributed by atoms with Gasteiger partial charge in [-0.05, 0) is 12.1 Å². The Hall–Kier alpha value is -2.15. The van der Waals surface area contributed by atoms with Crippen LogP contribution in [0.2, 0.25) is 0 Å². The molecule has 2 heterocycles. The molecule has 1 saturated heterocycles. The highest BCUT2D eigenvalue weighted by Gasteiger charge is 2.41. The first-order valence-electron chi connectivity index (χ1n) is 6.33. The van der Waals surface area contributed by atoms with E-state index in [9.17, 15) is 14.7 Å². The summed E-state index contributed by atoms with van der Waals surface area (Å²) in [6.45, 7) is 0.663. The maximum atomic E-state index is 11.9. The fourth-order valence-electron chi connectivity index (χ4n) is 2.10. The van der Waals surface area contributed by atoms with E-state index in [1.807, 2.05) is 0 Å². The van der Waals surface area contributed by atoms with Crippen LogP contribution in [-0.4, -0.2) is 45.5 Å². The van der Waals surface area contributed by atoms with E-state index in [-0.39, 0.29) is 12.8 Å². The Bertz CT molecular complexity index is 529. The van der Waals surface area contributed by atoms with Gasteiger partial charge < -0.3 is 15.2 Å². The van der Waals surface area contributed by atoms with Crippen LogP contribution in [0.15, 0.2) is 18.3 Å². The number of nitrogens with zero attached hydrogens (tertiary/aromatic N) is 2. The van der Waals surface area contributed by atoms with Gasteiger partial charge in [0.25, 0.3) is 0 Å². The lowest BCUT2D eigenvalue weighted by molar-refractivity contribution is -0.151. The van der Waals surface area contributed by atoms with E-state index in [1.54, 1.807) is 30.1 Å². The Morgan fingerprint density at radius 1 is 1.50 bits per heavy atom. The average Bonchev–Trinajstić information content (AvgIpc) is 2.83. The third-order valence-corrected chi connectivity index (χ3v) is 3.38. The molecule has 1 aromatic rings. The number of amides is 1. The minimum Gasteiger partial charge on any atom is -0.480 e. The molecule has 1 aromatic heterocycles. The maximum absolute atomic E-state index is 11.9. The summed E-state index contributed by atoms with van der Waals surface area (Å²) in [6, 6.07) is 1.76. The van der Waals surface area contributed by atoms with Gasteiger partial charge >= 0.3 is 5.97 Å². The summed E-state index contributed by atoms with van der Waals surface area (Å²) in [5, 5.41) is 15.9. The lowest BCUT2D eigenvalue weighted by atomic mass is 9.90. The molecule has 108 valence electrons. The molecule has 0 unspecified atom stereocenters. The van der Waals surface area contributed by atoms with Crippen molar-refractivity contribution in [2.75, 3.05) is 13.2 Å². The molecule has 7 heteroatoms. The van der Waals surface area contributed by atoms with Crippen LogP contribution in [0.4, 0.5) is 0 Å². The summed E-state index contributed by atoms with van der Waals surface area (Å²) in [7, 11) is 1.76. The minimum atomic E-state index is -1.23. The van der Waals surface area contributed by atoms with Crippen molar-refractivity contribution in [2.45, 2.75) is 18.4 Å². The van der Waals surface area contributed by atoms with E-state index < -0.39 is 17.4 Å². The van der Waals surface area contributed by atoms with Gasteiger partial charge in [0.15, 0.2) is 0 Å². The van der Waals surface area contributed by atoms with Crippen molar-refractivity contribution < 1.29 is 19.4 Å². The lowest BCUT2D eigenvalue weighted by Gasteiger charge is -2.33. The highest BCUT2D eigenvalue weighted by molar-refractivity contribution is 5.95. The van der Waals surface area contributed by atoms with Gasteiger partial charge in [-0.2, -0.15) is 5.10 Å². The number of carbonyl (C=O) groups is 2. The fourth-order valence-corrected chi connectivity index (χ4v) is 2.10. The molecule has 0 spiro atoms. The van der Waals surface area contributed by atoms with Gasteiger partial charge in [0.05, 0.1) is 5.69 Å². The SMILES string of the molecule is Cn1nccc1/C=C/C(=O)NC1(C(=O)O)CCOCC1. The summed E-state index contributed by atoms with van der Waals surface area (Å²) in [5.74, 6) is -1.46. The summed E-state index contributed by atoms with van der Waals surface area (Å²) >= 11 is 0. The molecular weight excluding hydrogens is 262 g/mol. The predicted octanol–water partition coefficient (Wildman–Crippen LogP) is 0.183. The average molecular weight is 279 g/mol. The number of nitrogens with one attached hydrogen (secondary N) is 1. The van der Waals surface area contributed by atoms with Crippen molar-refractivity contribution in [3.05, 3.63) is 24.0 Å². The molecule has 1 amide bonds. The van der Waals surface area contributed by atoms with E-state index in [4.69, 9.17) is 4.74 Å². The number of ether oxygens (including phenoxy) is 1. The number of aromatic nitrogens is 2. The molecule has 2 rings (SSSR count). The van der Waals surface area contributed by atoms with Crippen molar-refractivity contribution >= 4 is 18.0 Å². The van der Waals surface area contributed by atoms with E-state index in [0.29, 0.717) is 13.2 Å². The summed E-state index contributed by atoms with van der Waals surface area (Å²) < 4.78 is 6.76. The smallest absolute Gasteiger partial charge is 0.329 e. The quantitative estimate of drug-likeness (QED) is 0.767. The van der Waals surface area contributed by atoms with Gasteiger partial charge in [0, 0.05) is 45.4 Å². The molecule has 0 bridgehead atoms. The van der Waals surface area contributed by atoms with Crippen LogP contribution in [0.1, 0.15) is 18.5 Å². The first-order chi connectivity index (χ1) is 9.53. The number of hydrogen-bond donors (Lipinski definition) is 2. The molecule has 0 saturated carbocycles. The highest BCUT2D eigenvalue weighted by Crippen LogP contribution is 2.21. The largest absolute Gasteiger partial charge is 0.480 e. The molecule has 2 N–H and O–H groups in total. The lowest BCUT2D eigenvalue weighted by Crippen LogP contribution is -2.57. The zero-order valence-corrected chi connectivity index (χ0v) is 11.2. The summed E-state index contributed by atoms with van der Waals surface area (Å²) in [4.78, 5) is 23.3. The molecule has 1 aliphatic rings. The van der Waals surface area contributed by atoms with Crippen LogP contribution in [-0.2, 0) is 21.4 Å². The van der Waals surface area contributed by atoms with Gasteiger partial charge in [-0.15, -0.1) is 0 Å². The molecule has 20 heavy (non-hydrogen) atoms. The molecule has 0 aliphatic carbocycles. The standard InChI is InChI=1S/C13H17N3O4/c1-16-10(4-7-14-16)2-3-11(17)15-13(12(18)19)5-8-20-9-6-13/h2-4,7H,5-6,8-9H2,1H3,(H,15,17)(H,18,19)/b3-2+. The van der Waals surface area contributed by atoms with E-state index in [1.165, 1.54) is 6.08 Å². The van der Waals surface area contributed by atoms with Gasteiger partial charge in [-0.3, -0.25) is 9.48 Å². The third kappa shape index (κ3) is 3.05. The maximum Gasteiger partial charge on any atom is 0.329 e. The van der Waals surface area contributed by atoms with Crippen LogP contribution >= 0.6 is 0 Å². The van der Waals surface area contributed by atoms with Crippen LogP contribution in [0.3, 0.4) is 0 Å². The molecule has 0 radical (unpaired) electrons. The number of aryl methyl sites for hydroxylation is 1.